The molecule has 3 aliphatic rings. The maximum atomic E-state index is 12.2. The van der Waals surface area contributed by atoms with Gasteiger partial charge in [0.2, 0.25) is 0 Å². The zero-order valence-corrected chi connectivity index (χ0v) is 9.58. The number of rotatable bonds is 2. The van der Waals surface area contributed by atoms with Crippen molar-refractivity contribution >= 4 is 5.91 Å². The molecule has 0 aliphatic heterocycles. The first-order valence-electron chi connectivity index (χ1n) is 5.63. The van der Waals surface area contributed by atoms with Gasteiger partial charge in [-0.25, -0.2) is 5.06 Å². The second-order valence-corrected chi connectivity index (χ2v) is 5.13. The number of nitrogens with two attached hydrogens (primary N) is 1. The molecule has 86 valence electrons. The number of hydroxylamine groups is 2. The van der Waals surface area contributed by atoms with E-state index in [9.17, 15) is 4.79 Å². The van der Waals surface area contributed by atoms with Crippen molar-refractivity contribution in [2.75, 3.05) is 14.2 Å². The Bertz CT molecular complexity index is 253. The first kappa shape index (κ1) is 10.9. The van der Waals surface area contributed by atoms with Gasteiger partial charge in [0.25, 0.3) is 5.91 Å². The van der Waals surface area contributed by atoms with Crippen molar-refractivity contribution in [2.45, 2.75) is 44.1 Å². The number of amides is 1. The fourth-order valence-electron chi connectivity index (χ4n) is 2.95. The average molecular weight is 212 g/mol. The summed E-state index contributed by atoms with van der Waals surface area (Å²) in [7, 11) is 3.23. The lowest BCUT2D eigenvalue weighted by atomic mass is 9.57. The molecule has 0 unspecified atom stereocenters. The molecule has 3 rings (SSSR count). The number of fused-ring (bicyclic) bond motifs is 3. The Morgan fingerprint density at radius 2 is 1.67 bits per heavy atom. The number of hydrogen-bond donors (Lipinski definition) is 1. The molecule has 3 saturated carbocycles. The van der Waals surface area contributed by atoms with Crippen molar-refractivity contribution in [1.82, 2.24) is 5.06 Å². The summed E-state index contributed by atoms with van der Waals surface area (Å²) in [5, 5.41) is 1.37. The summed E-state index contributed by atoms with van der Waals surface area (Å²) in [5.41, 5.74) is 6.05. The molecule has 0 spiro atoms. The smallest absolute Gasteiger partial charge is 0.252 e. The molecule has 2 N–H and O–H groups in total. The van der Waals surface area contributed by atoms with Crippen molar-refractivity contribution in [3.63, 3.8) is 0 Å². The van der Waals surface area contributed by atoms with Gasteiger partial charge < -0.3 is 5.73 Å². The van der Waals surface area contributed by atoms with Gasteiger partial charge in [-0.2, -0.15) is 0 Å². The molecule has 0 aromatic carbocycles. The highest BCUT2D eigenvalue weighted by Crippen LogP contribution is 2.51. The number of carbonyl (C=O) groups excluding carboxylic acids is 1. The van der Waals surface area contributed by atoms with Gasteiger partial charge in [-0.1, -0.05) is 0 Å². The lowest BCUT2D eigenvalue weighted by molar-refractivity contribution is -0.186. The summed E-state index contributed by atoms with van der Waals surface area (Å²) in [6, 6.07) is 0. The highest BCUT2D eigenvalue weighted by Gasteiger charge is 2.51. The Labute approximate surface area is 90.7 Å². The van der Waals surface area contributed by atoms with Crippen molar-refractivity contribution in [3.8, 4) is 0 Å². The molecule has 3 aliphatic carbocycles. The van der Waals surface area contributed by atoms with E-state index < -0.39 is 0 Å². The maximum absolute atomic E-state index is 12.2. The van der Waals surface area contributed by atoms with E-state index in [1.165, 1.54) is 12.2 Å². The van der Waals surface area contributed by atoms with Gasteiger partial charge in [0, 0.05) is 12.6 Å². The van der Waals surface area contributed by atoms with E-state index in [0.29, 0.717) is 0 Å². The van der Waals surface area contributed by atoms with E-state index in [2.05, 4.69) is 0 Å². The van der Waals surface area contributed by atoms with Crippen molar-refractivity contribution in [2.24, 2.45) is 11.1 Å². The molecular weight excluding hydrogens is 192 g/mol. The van der Waals surface area contributed by atoms with E-state index in [1.807, 2.05) is 0 Å². The topological polar surface area (TPSA) is 55.6 Å². The second kappa shape index (κ2) is 3.46. The summed E-state index contributed by atoms with van der Waals surface area (Å²) >= 11 is 0. The minimum absolute atomic E-state index is 0.0215. The van der Waals surface area contributed by atoms with Crippen LogP contribution in [-0.2, 0) is 9.63 Å². The van der Waals surface area contributed by atoms with Crippen LogP contribution in [0.4, 0.5) is 0 Å². The van der Waals surface area contributed by atoms with Gasteiger partial charge in [0.1, 0.15) is 0 Å². The number of hydrogen-bond acceptors (Lipinski definition) is 3. The molecule has 4 nitrogen and oxygen atoms in total. The Balaban J connectivity index is 2.12. The van der Waals surface area contributed by atoms with Crippen LogP contribution in [0, 0.1) is 5.41 Å². The van der Waals surface area contributed by atoms with Gasteiger partial charge in [-0.3, -0.25) is 9.63 Å². The summed E-state index contributed by atoms with van der Waals surface area (Å²) in [6.45, 7) is 0. The Hall–Kier alpha value is -0.610. The van der Waals surface area contributed by atoms with E-state index in [0.717, 1.165) is 38.5 Å². The zero-order valence-electron chi connectivity index (χ0n) is 9.58. The Morgan fingerprint density at radius 1 is 1.20 bits per heavy atom. The third-order valence-electron chi connectivity index (χ3n) is 4.32. The minimum Gasteiger partial charge on any atom is -0.325 e. The average Bonchev–Trinajstić information content (AvgIpc) is 2.28. The van der Waals surface area contributed by atoms with Crippen LogP contribution in [0.25, 0.3) is 0 Å². The first-order chi connectivity index (χ1) is 7.01. The molecule has 0 saturated heterocycles. The van der Waals surface area contributed by atoms with Gasteiger partial charge in [-0.05, 0) is 38.5 Å². The van der Waals surface area contributed by atoms with Gasteiger partial charge in [0.05, 0.1) is 12.5 Å². The van der Waals surface area contributed by atoms with Crippen LogP contribution in [0.15, 0.2) is 0 Å². The van der Waals surface area contributed by atoms with Crippen LogP contribution in [-0.4, -0.2) is 30.7 Å². The van der Waals surface area contributed by atoms with E-state index in [1.54, 1.807) is 7.05 Å². The fourth-order valence-corrected chi connectivity index (χ4v) is 2.95. The Kier molecular flexibility index (Phi) is 2.51. The monoisotopic (exact) mass is 212 g/mol. The van der Waals surface area contributed by atoms with Gasteiger partial charge in [-0.15, -0.1) is 0 Å². The quantitative estimate of drug-likeness (QED) is 0.696. The van der Waals surface area contributed by atoms with Crippen molar-refractivity contribution in [1.29, 1.82) is 0 Å². The molecule has 0 aromatic heterocycles. The largest absolute Gasteiger partial charge is 0.325 e. The summed E-state index contributed by atoms with van der Waals surface area (Å²) in [4.78, 5) is 17.2. The molecule has 0 heterocycles. The summed E-state index contributed by atoms with van der Waals surface area (Å²) in [6.07, 6.45) is 5.73. The van der Waals surface area contributed by atoms with Crippen LogP contribution in [0.2, 0.25) is 0 Å². The Morgan fingerprint density at radius 3 is 2.07 bits per heavy atom. The summed E-state index contributed by atoms with van der Waals surface area (Å²) in [5.74, 6) is 0.131. The highest BCUT2D eigenvalue weighted by molar-refractivity contribution is 5.82. The molecule has 15 heavy (non-hydrogen) atoms. The predicted molar refractivity (Wildman–Crippen MR) is 56.8 cm³/mol. The molecular formula is C11H20N2O2. The van der Waals surface area contributed by atoms with E-state index >= 15 is 0 Å². The zero-order chi connectivity index (χ0) is 11.1. The molecule has 0 aromatic rings. The maximum Gasteiger partial charge on any atom is 0.252 e. The highest BCUT2D eigenvalue weighted by atomic mass is 16.7. The van der Waals surface area contributed by atoms with E-state index in [-0.39, 0.29) is 16.9 Å². The lowest BCUT2D eigenvalue weighted by Crippen LogP contribution is -2.56. The fraction of sp³-hybridized carbons (Fsp3) is 0.909. The lowest BCUT2D eigenvalue weighted by Gasteiger charge is -2.51. The molecule has 1 amide bonds. The van der Waals surface area contributed by atoms with Crippen molar-refractivity contribution in [3.05, 3.63) is 0 Å². The molecule has 3 fully saturated rings. The van der Waals surface area contributed by atoms with Crippen LogP contribution < -0.4 is 5.73 Å². The van der Waals surface area contributed by atoms with Gasteiger partial charge in [0.15, 0.2) is 0 Å². The predicted octanol–water partition coefficient (Wildman–Crippen LogP) is 1.06. The minimum atomic E-state index is -0.175. The van der Waals surface area contributed by atoms with Crippen molar-refractivity contribution < 1.29 is 9.63 Å². The summed E-state index contributed by atoms with van der Waals surface area (Å²) < 4.78 is 0. The van der Waals surface area contributed by atoms with E-state index in [4.69, 9.17) is 10.6 Å². The standard InChI is InChI=1S/C11H20N2O2/c1-13(15-2)9(14)10-3-6-11(12,7-4-10)8-5-10/h3-8,12H2,1-2H3. The second-order valence-electron chi connectivity index (χ2n) is 5.13. The third kappa shape index (κ3) is 1.66. The SMILES string of the molecule is CON(C)C(=O)C12CCC(N)(CC1)CC2. The molecule has 0 radical (unpaired) electrons. The molecule has 2 bridgehead atoms. The van der Waals surface area contributed by atoms with Crippen LogP contribution >= 0.6 is 0 Å². The van der Waals surface area contributed by atoms with Gasteiger partial charge >= 0.3 is 0 Å². The molecule has 0 atom stereocenters. The number of carbonyl (C=O) groups is 1. The third-order valence-corrected chi connectivity index (χ3v) is 4.32. The molecule has 4 heteroatoms. The first-order valence-corrected chi connectivity index (χ1v) is 5.63. The van der Waals surface area contributed by atoms with Crippen LogP contribution in [0.5, 0.6) is 0 Å². The number of nitrogens with zero attached hydrogens (tertiary/aromatic N) is 1. The van der Waals surface area contributed by atoms with Crippen LogP contribution in [0.1, 0.15) is 38.5 Å². The van der Waals surface area contributed by atoms with Crippen LogP contribution in [0.3, 0.4) is 0 Å². The normalized spacial score (nSPS) is 39.1.